The van der Waals surface area contributed by atoms with Gasteiger partial charge >= 0.3 is 0 Å². The average molecular weight is 260 g/mol. The van der Waals surface area contributed by atoms with Crippen molar-refractivity contribution in [3.63, 3.8) is 0 Å². The van der Waals surface area contributed by atoms with Gasteiger partial charge in [0.15, 0.2) is 0 Å². The maximum atomic E-state index is 4.45. The molecule has 1 aromatic carbocycles. The van der Waals surface area contributed by atoms with Crippen molar-refractivity contribution in [1.29, 1.82) is 0 Å². The molecule has 0 bridgehead atoms. The highest BCUT2D eigenvalue weighted by atomic mass is 15.5. The zero-order valence-electron chi connectivity index (χ0n) is 12.4. The standard InChI is InChI=1S/C15H24N4/c1-5-15(6-2,18(7-3)8-4)19-14-12-10-9-11-13(14)16-17-19/h9-12H,5-8H2,1-4H3. The third-order valence-corrected chi connectivity index (χ3v) is 4.23. The van der Waals surface area contributed by atoms with E-state index in [1.54, 1.807) is 0 Å². The molecule has 0 aliphatic heterocycles. The van der Waals surface area contributed by atoms with Gasteiger partial charge in [-0.1, -0.05) is 45.0 Å². The molecule has 0 fully saturated rings. The Bertz CT molecular complexity index is 524. The van der Waals surface area contributed by atoms with Crippen molar-refractivity contribution in [1.82, 2.24) is 19.9 Å². The summed E-state index contributed by atoms with van der Waals surface area (Å²) in [6.07, 6.45) is 2.05. The van der Waals surface area contributed by atoms with Crippen LogP contribution in [0.2, 0.25) is 0 Å². The molecule has 19 heavy (non-hydrogen) atoms. The summed E-state index contributed by atoms with van der Waals surface area (Å²) < 4.78 is 2.12. The molecule has 104 valence electrons. The Morgan fingerprint density at radius 2 is 1.68 bits per heavy atom. The Hall–Kier alpha value is -1.42. The lowest BCUT2D eigenvalue weighted by atomic mass is 10.0. The van der Waals surface area contributed by atoms with Crippen molar-refractivity contribution in [2.75, 3.05) is 13.1 Å². The summed E-state index contributed by atoms with van der Waals surface area (Å²) in [5.41, 5.74) is 2.03. The summed E-state index contributed by atoms with van der Waals surface area (Å²) in [4.78, 5) is 2.48. The molecule has 0 N–H and O–H groups in total. The van der Waals surface area contributed by atoms with Gasteiger partial charge in [0.05, 0.1) is 5.52 Å². The van der Waals surface area contributed by atoms with E-state index in [0.29, 0.717) is 0 Å². The molecule has 1 heterocycles. The summed E-state index contributed by atoms with van der Waals surface area (Å²) in [5, 5.41) is 8.77. The topological polar surface area (TPSA) is 34.0 Å². The number of benzene rings is 1. The second-order valence-corrected chi connectivity index (χ2v) is 4.85. The second kappa shape index (κ2) is 5.70. The molecular weight excluding hydrogens is 236 g/mol. The van der Waals surface area contributed by atoms with Gasteiger partial charge in [-0.05, 0) is 38.1 Å². The SMILES string of the molecule is CCN(CC)C(CC)(CC)n1nnc2ccccc21. The van der Waals surface area contributed by atoms with Crippen molar-refractivity contribution in [3.05, 3.63) is 24.3 Å². The van der Waals surface area contributed by atoms with Gasteiger partial charge in [-0.15, -0.1) is 5.10 Å². The minimum Gasteiger partial charge on any atom is -0.280 e. The molecule has 4 heteroatoms. The van der Waals surface area contributed by atoms with E-state index >= 15 is 0 Å². The number of nitrogens with zero attached hydrogens (tertiary/aromatic N) is 4. The van der Waals surface area contributed by atoms with E-state index in [1.807, 2.05) is 12.1 Å². The molecule has 2 aromatic rings. The van der Waals surface area contributed by atoms with Gasteiger partial charge in [-0.25, -0.2) is 4.68 Å². The first-order valence-corrected chi connectivity index (χ1v) is 7.29. The number of aromatic nitrogens is 3. The van der Waals surface area contributed by atoms with Crippen LogP contribution in [-0.2, 0) is 5.66 Å². The second-order valence-electron chi connectivity index (χ2n) is 4.85. The fourth-order valence-corrected chi connectivity index (χ4v) is 3.12. The Labute approximate surface area is 115 Å². The number of fused-ring (bicyclic) bond motifs is 1. The third-order valence-electron chi connectivity index (χ3n) is 4.23. The number of hydrogen-bond donors (Lipinski definition) is 0. The van der Waals surface area contributed by atoms with E-state index in [9.17, 15) is 0 Å². The highest BCUT2D eigenvalue weighted by Crippen LogP contribution is 2.31. The van der Waals surface area contributed by atoms with E-state index in [0.717, 1.165) is 37.0 Å². The lowest BCUT2D eigenvalue weighted by Crippen LogP contribution is -2.50. The molecule has 0 aliphatic carbocycles. The highest BCUT2D eigenvalue weighted by Gasteiger charge is 2.35. The van der Waals surface area contributed by atoms with Crippen LogP contribution in [0.15, 0.2) is 24.3 Å². The van der Waals surface area contributed by atoms with Crippen molar-refractivity contribution >= 4 is 11.0 Å². The first-order valence-electron chi connectivity index (χ1n) is 7.29. The number of rotatable bonds is 6. The molecular formula is C15H24N4. The van der Waals surface area contributed by atoms with E-state index in [4.69, 9.17) is 0 Å². The van der Waals surface area contributed by atoms with Gasteiger partial charge < -0.3 is 0 Å². The smallest absolute Gasteiger partial charge is 0.117 e. The van der Waals surface area contributed by atoms with E-state index in [1.165, 1.54) is 0 Å². The first kappa shape index (κ1) is 14.0. The van der Waals surface area contributed by atoms with Crippen LogP contribution >= 0.6 is 0 Å². The summed E-state index contributed by atoms with van der Waals surface area (Å²) in [6, 6.07) is 8.20. The fourth-order valence-electron chi connectivity index (χ4n) is 3.12. The average Bonchev–Trinajstić information content (AvgIpc) is 2.89. The molecule has 0 amide bonds. The van der Waals surface area contributed by atoms with Gasteiger partial charge in [0.1, 0.15) is 11.2 Å². The molecule has 4 nitrogen and oxygen atoms in total. The van der Waals surface area contributed by atoms with E-state index in [-0.39, 0.29) is 5.66 Å². The third kappa shape index (κ3) is 2.14. The first-order chi connectivity index (χ1) is 9.23. The zero-order valence-corrected chi connectivity index (χ0v) is 12.4. The van der Waals surface area contributed by atoms with Gasteiger partial charge in [-0.2, -0.15) is 0 Å². The normalized spacial score (nSPS) is 12.5. The molecule has 0 atom stereocenters. The van der Waals surface area contributed by atoms with Crippen LogP contribution in [-0.4, -0.2) is 33.0 Å². The largest absolute Gasteiger partial charge is 0.280 e. The Kier molecular flexibility index (Phi) is 4.20. The van der Waals surface area contributed by atoms with Gasteiger partial charge in [-0.3, -0.25) is 4.90 Å². The number of para-hydroxylation sites is 1. The van der Waals surface area contributed by atoms with E-state index < -0.39 is 0 Å². The molecule has 0 aliphatic rings. The van der Waals surface area contributed by atoms with Gasteiger partial charge in [0, 0.05) is 0 Å². The molecule has 2 rings (SSSR count). The van der Waals surface area contributed by atoms with Crippen LogP contribution in [0.4, 0.5) is 0 Å². The van der Waals surface area contributed by atoms with E-state index in [2.05, 4.69) is 59.7 Å². The van der Waals surface area contributed by atoms with Crippen molar-refractivity contribution in [3.8, 4) is 0 Å². The minimum absolute atomic E-state index is 0.0698. The molecule has 0 unspecified atom stereocenters. The summed E-state index contributed by atoms with van der Waals surface area (Å²) in [6.45, 7) is 10.9. The summed E-state index contributed by atoms with van der Waals surface area (Å²) in [5.74, 6) is 0. The molecule has 0 spiro atoms. The molecule has 0 saturated carbocycles. The maximum absolute atomic E-state index is 4.45. The minimum atomic E-state index is -0.0698. The van der Waals surface area contributed by atoms with Crippen LogP contribution < -0.4 is 0 Å². The molecule has 1 aromatic heterocycles. The lowest BCUT2D eigenvalue weighted by Gasteiger charge is -2.42. The van der Waals surface area contributed by atoms with Crippen LogP contribution in [0.3, 0.4) is 0 Å². The van der Waals surface area contributed by atoms with Crippen molar-refractivity contribution in [2.24, 2.45) is 0 Å². The monoisotopic (exact) mass is 260 g/mol. The predicted octanol–water partition coefficient (Wildman–Crippen LogP) is 3.25. The van der Waals surface area contributed by atoms with Crippen LogP contribution in [0.1, 0.15) is 40.5 Å². The summed E-state index contributed by atoms with van der Waals surface area (Å²) in [7, 11) is 0. The highest BCUT2D eigenvalue weighted by molar-refractivity contribution is 5.74. The molecule has 0 radical (unpaired) electrons. The maximum Gasteiger partial charge on any atom is 0.117 e. The fraction of sp³-hybridized carbons (Fsp3) is 0.600. The van der Waals surface area contributed by atoms with Crippen molar-refractivity contribution < 1.29 is 0 Å². The summed E-state index contributed by atoms with van der Waals surface area (Å²) >= 11 is 0. The Morgan fingerprint density at radius 3 is 2.26 bits per heavy atom. The zero-order chi connectivity index (χ0) is 13.9. The van der Waals surface area contributed by atoms with Gasteiger partial charge in [0.25, 0.3) is 0 Å². The van der Waals surface area contributed by atoms with Crippen LogP contribution in [0.5, 0.6) is 0 Å². The Balaban J connectivity index is 2.61. The van der Waals surface area contributed by atoms with Crippen LogP contribution in [0.25, 0.3) is 11.0 Å². The Morgan fingerprint density at radius 1 is 1.05 bits per heavy atom. The lowest BCUT2D eigenvalue weighted by molar-refractivity contribution is 0.00790. The van der Waals surface area contributed by atoms with Crippen LogP contribution in [0, 0.1) is 0 Å². The molecule has 0 saturated heterocycles. The number of hydrogen-bond acceptors (Lipinski definition) is 3. The quantitative estimate of drug-likeness (QED) is 0.799. The predicted molar refractivity (Wildman–Crippen MR) is 79.0 cm³/mol. The van der Waals surface area contributed by atoms with Gasteiger partial charge in [0.2, 0.25) is 0 Å². The van der Waals surface area contributed by atoms with Crippen molar-refractivity contribution in [2.45, 2.75) is 46.2 Å².